The van der Waals surface area contributed by atoms with E-state index in [0.29, 0.717) is 12.3 Å². The summed E-state index contributed by atoms with van der Waals surface area (Å²) in [5.74, 6) is 0.306. The molecule has 1 aliphatic heterocycles. The Morgan fingerprint density at radius 3 is 2.72 bits per heavy atom. The van der Waals surface area contributed by atoms with E-state index in [1.54, 1.807) is 0 Å². The zero-order chi connectivity index (χ0) is 12.8. The molecule has 18 heavy (non-hydrogen) atoms. The highest BCUT2D eigenvalue weighted by Gasteiger charge is 2.21. The maximum absolute atomic E-state index is 11.9. The molecule has 3 nitrogen and oxygen atoms in total. The molecule has 98 valence electrons. The Bertz CT molecular complexity index is 377. The van der Waals surface area contributed by atoms with E-state index in [1.807, 2.05) is 11.0 Å². The third-order valence-corrected chi connectivity index (χ3v) is 3.48. The van der Waals surface area contributed by atoms with Crippen molar-refractivity contribution in [2.75, 3.05) is 19.6 Å². The van der Waals surface area contributed by atoms with Gasteiger partial charge in [-0.15, -0.1) is 0 Å². The van der Waals surface area contributed by atoms with E-state index in [2.05, 4.69) is 36.5 Å². The fourth-order valence-corrected chi connectivity index (χ4v) is 2.49. The number of hydrogen-bond acceptors (Lipinski definition) is 2. The molecule has 1 N–H and O–H groups in total. The predicted molar refractivity (Wildman–Crippen MR) is 73.3 cm³/mol. The van der Waals surface area contributed by atoms with Crippen molar-refractivity contribution in [1.82, 2.24) is 10.2 Å². The number of likely N-dealkylation sites (tertiary alicyclic amines) is 1. The smallest absolute Gasteiger partial charge is 0.222 e. The van der Waals surface area contributed by atoms with Gasteiger partial charge in [0.15, 0.2) is 0 Å². The van der Waals surface area contributed by atoms with Crippen LogP contribution in [0.3, 0.4) is 0 Å². The van der Waals surface area contributed by atoms with Crippen LogP contribution in [0.15, 0.2) is 30.3 Å². The largest absolute Gasteiger partial charge is 0.341 e. The molecule has 0 saturated carbocycles. The number of carbonyl (C=O) groups excluding carboxylic acids is 1. The van der Waals surface area contributed by atoms with Crippen LogP contribution in [0.4, 0.5) is 0 Å². The minimum absolute atomic E-state index is 0.248. The third-order valence-electron chi connectivity index (χ3n) is 3.48. The Labute approximate surface area is 109 Å². The zero-order valence-electron chi connectivity index (χ0n) is 11.1. The first-order chi connectivity index (χ1) is 8.81. The molecule has 1 aromatic carbocycles. The number of benzene rings is 1. The second kappa shape index (κ2) is 6.55. The quantitative estimate of drug-likeness (QED) is 0.865. The maximum atomic E-state index is 11.9. The van der Waals surface area contributed by atoms with Crippen LogP contribution >= 0.6 is 0 Å². The lowest BCUT2D eigenvalue weighted by Gasteiger charge is -2.31. The second-order valence-electron chi connectivity index (χ2n) is 4.82. The SMILES string of the molecule is CCNC(CN1CCCCC1=O)c1ccccc1. The van der Waals surface area contributed by atoms with Gasteiger partial charge in [0.05, 0.1) is 0 Å². The van der Waals surface area contributed by atoms with Crippen molar-refractivity contribution < 1.29 is 4.79 Å². The van der Waals surface area contributed by atoms with Gasteiger partial charge in [0.2, 0.25) is 5.91 Å². The van der Waals surface area contributed by atoms with E-state index >= 15 is 0 Å². The van der Waals surface area contributed by atoms with Gasteiger partial charge in [-0.3, -0.25) is 4.79 Å². The minimum Gasteiger partial charge on any atom is -0.341 e. The first kappa shape index (κ1) is 13.1. The number of amides is 1. The van der Waals surface area contributed by atoms with Gasteiger partial charge in [-0.05, 0) is 24.9 Å². The molecule has 1 heterocycles. The van der Waals surface area contributed by atoms with Crippen LogP contribution in [-0.2, 0) is 4.79 Å². The number of rotatable bonds is 5. The van der Waals surface area contributed by atoms with Gasteiger partial charge in [0.25, 0.3) is 0 Å². The molecule has 1 atom stereocenters. The molecule has 1 aromatic rings. The molecular formula is C15H22N2O. The summed E-state index contributed by atoms with van der Waals surface area (Å²) in [4.78, 5) is 13.9. The van der Waals surface area contributed by atoms with E-state index < -0.39 is 0 Å². The highest BCUT2D eigenvalue weighted by atomic mass is 16.2. The van der Waals surface area contributed by atoms with Crippen LogP contribution in [0.2, 0.25) is 0 Å². The highest BCUT2D eigenvalue weighted by Crippen LogP contribution is 2.18. The monoisotopic (exact) mass is 246 g/mol. The van der Waals surface area contributed by atoms with Gasteiger partial charge in [0, 0.05) is 25.6 Å². The number of nitrogens with zero attached hydrogens (tertiary/aromatic N) is 1. The molecular weight excluding hydrogens is 224 g/mol. The van der Waals surface area contributed by atoms with Gasteiger partial charge < -0.3 is 10.2 Å². The van der Waals surface area contributed by atoms with Crippen LogP contribution in [0, 0.1) is 0 Å². The van der Waals surface area contributed by atoms with Crippen molar-refractivity contribution in [3.05, 3.63) is 35.9 Å². The lowest BCUT2D eigenvalue weighted by atomic mass is 10.0. The summed E-state index contributed by atoms with van der Waals surface area (Å²) in [7, 11) is 0. The lowest BCUT2D eigenvalue weighted by Crippen LogP contribution is -2.41. The molecule has 0 aliphatic carbocycles. The van der Waals surface area contributed by atoms with Crippen LogP contribution in [0.1, 0.15) is 37.8 Å². The van der Waals surface area contributed by atoms with Crippen molar-refractivity contribution in [2.45, 2.75) is 32.2 Å². The Morgan fingerprint density at radius 2 is 2.06 bits per heavy atom. The van der Waals surface area contributed by atoms with E-state index in [0.717, 1.165) is 32.5 Å². The van der Waals surface area contributed by atoms with Gasteiger partial charge in [0.1, 0.15) is 0 Å². The highest BCUT2D eigenvalue weighted by molar-refractivity contribution is 5.76. The number of carbonyl (C=O) groups is 1. The van der Waals surface area contributed by atoms with Gasteiger partial charge in [-0.25, -0.2) is 0 Å². The zero-order valence-corrected chi connectivity index (χ0v) is 11.1. The van der Waals surface area contributed by atoms with Crippen LogP contribution in [0.25, 0.3) is 0 Å². The Kier molecular flexibility index (Phi) is 4.76. The normalized spacial score (nSPS) is 17.8. The van der Waals surface area contributed by atoms with E-state index in [9.17, 15) is 4.79 Å². The Hall–Kier alpha value is -1.35. The second-order valence-corrected chi connectivity index (χ2v) is 4.82. The number of hydrogen-bond donors (Lipinski definition) is 1. The fraction of sp³-hybridized carbons (Fsp3) is 0.533. The predicted octanol–water partition coefficient (Wildman–Crippen LogP) is 2.35. The minimum atomic E-state index is 0.248. The van der Waals surface area contributed by atoms with Crippen LogP contribution < -0.4 is 5.32 Å². The summed E-state index contributed by atoms with van der Waals surface area (Å²) < 4.78 is 0. The fourth-order valence-electron chi connectivity index (χ4n) is 2.49. The van der Waals surface area contributed by atoms with Crippen molar-refractivity contribution >= 4 is 5.91 Å². The molecule has 2 rings (SSSR count). The van der Waals surface area contributed by atoms with Gasteiger partial charge >= 0.3 is 0 Å². The van der Waals surface area contributed by atoms with Crippen LogP contribution in [-0.4, -0.2) is 30.4 Å². The third kappa shape index (κ3) is 3.33. The molecule has 0 spiro atoms. The standard InChI is InChI=1S/C15H22N2O/c1-2-16-14(13-8-4-3-5-9-13)12-17-11-7-6-10-15(17)18/h3-5,8-9,14,16H,2,6-7,10-12H2,1H3. The molecule has 1 aliphatic rings. The lowest BCUT2D eigenvalue weighted by molar-refractivity contribution is -0.133. The molecule has 1 saturated heterocycles. The van der Waals surface area contributed by atoms with Crippen molar-refractivity contribution in [1.29, 1.82) is 0 Å². The van der Waals surface area contributed by atoms with Crippen molar-refractivity contribution in [3.8, 4) is 0 Å². The first-order valence-electron chi connectivity index (χ1n) is 6.87. The van der Waals surface area contributed by atoms with Crippen LogP contribution in [0.5, 0.6) is 0 Å². The summed E-state index contributed by atoms with van der Waals surface area (Å²) >= 11 is 0. The van der Waals surface area contributed by atoms with E-state index in [4.69, 9.17) is 0 Å². The summed E-state index contributed by atoms with van der Waals surface area (Å²) in [6.45, 7) is 4.72. The molecule has 0 bridgehead atoms. The molecule has 3 heteroatoms. The molecule has 1 unspecified atom stereocenters. The Morgan fingerprint density at radius 1 is 1.28 bits per heavy atom. The van der Waals surface area contributed by atoms with Gasteiger partial charge in [-0.2, -0.15) is 0 Å². The van der Waals surface area contributed by atoms with Crippen molar-refractivity contribution in [2.24, 2.45) is 0 Å². The summed E-state index contributed by atoms with van der Waals surface area (Å²) in [5.41, 5.74) is 1.26. The summed E-state index contributed by atoms with van der Waals surface area (Å²) in [6, 6.07) is 10.6. The first-order valence-corrected chi connectivity index (χ1v) is 6.87. The maximum Gasteiger partial charge on any atom is 0.222 e. The average Bonchev–Trinajstić information content (AvgIpc) is 2.42. The Balaban J connectivity index is 2.04. The summed E-state index contributed by atoms with van der Waals surface area (Å²) in [6.07, 6.45) is 2.90. The molecule has 1 fully saturated rings. The molecule has 0 radical (unpaired) electrons. The molecule has 1 amide bonds. The number of nitrogens with one attached hydrogen (secondary N) is 1. The topological polar surface area (TPSA) is 32.3 Å². The average molecular weight is 246 g/mol. The molecule has 0 aromatic heterocycles. The van der Waals surface area contributed by atoms with E-state index in [1.165, 1.54) is 5.56 Å². The summed E-state index contributed by atoms with van der Waals surface area (Å²) in [5, 5.41) is 3.47. The number of likely N-dealkylation sites (N-methyl/N-ethyl adjacent to an activating group) is 1. The van der Waals surface area contributed by atoms with E-state index in [-0.39, 0.29) is 6.04 Å². The van der Waals surface area contributed by atoms with Crippen molar-refractivity contribution in [3.63, 3.8) is 0 Å². The van der Waals surface area contributed by atoms with Gasteiger partial charge in [-0.1, -0.05) is 37.3 Å². The number of piperidine rings is 1.